The van der Waals surface area contributed by atoms with Crippen molar-refractivity contribution in [1.82, 2.24) is 15.6 Å². The van der Waals surface area contributed by atoms with Crippen LogP contribution in [0.4, 0.5) is 0 Å². The highest BCUT2D eigenvalue weighted by Gasteiger charge is 2.07. The number of aliphatic imine (C=N–C) groups is 1. The van der Waals surface area contributed by atoms with Crippen molar-refractivity contribution in [2.24, 2.45) is 4.99 Å². The van der Waals surface area contributed by atoms with Crippen LogP contribution in [0.3, 0.4) is 0 Å². The van der Waals surface area contributed by atoms with Crippen molar-refractivity contribution in [1.29, 1.82) is 0 Å². The Balaban J connectivity index is 0.00000312. The van der Waals surface area contributed by atoms with Crippen molar-refractivity contribution < 1.29 is 8.42 Å². The predicted molar refractivity (Wildman–Crippen MR) is 113 cm³/mol. The minimum atomic E-state index is -3.16. The van der Waals surface area contributed by atoms with Crippen LogP contribution in [-0.2, 0) is 29.3 Å². The normalized spacial score (nSPS) is 11.7. The Kier molecular flexibility index (Phi) is 8.80. The molecular formula is C16H23IN4O2S2. The number of thiazole rings is 1. The molecule has 0 spiro atoms. The van der Waals surface area contributed by atoms with Crippen LogP contribution in [0.2, 0.25) is 0 Å². The van der Waals surface area contributed by atoms with Gasteiger partial charge < -0.3 is 10.6 Å². The summed E-state index contributed by atoms with van der Waals surface area (Å²) in [7, 11) is -1.45. The van der Waals surface area contributed by atoms with Gasteiger partial charge in [0.15, 0.2) is 15.8 Å². The van der Waals surface area contributed by atoms with Crippen LogP contribution in [-0.4, -0.2) is 32.7 Å². The van der Waals surface area contributed by atoms with Crippen LogP contribution in [0, 0.1) is 0 Å². The SMILES string of the molecule is CCc1cnc(CNC(=NC)NCc2ccc(S(C)(=O)=O)cc2)s1.I. The van der Waals surface area contributed by atoms with Gasteiger partial charge in [-0.1, -0.05) is 19.1 Å². The van der Waals surface area contributed by atoms with E-state index in [2.05, 4.69) is 27.5 Å². The molecule has 2 N–H and O–H groups in total. The number of benzene rings is 1. The number of aromatic nitrogens is 1. The Morgan fingerprint density at radius 1 is 1.20 bits per heavy atom. The molecule has 6 nitrogen and oxygen atoms in total. The second-order valence-electron chi connectivity index (χ2n) is 5.27. The summed E-state index contributed by atoms with van der Waals surface area (Å²) in [4.78, 5) is 10.1. The Morgan fingerprint density at radius 3 is 2.36 bits per heavy atom. The lowest BCUT2D eigenvalue weighted by molar-refractivity contribution is 0.602. The van der Waals surface area contributed by atoms with E-state index < -0.39 is 9.84 Å². The molecule has 0 bridgehead atoms. The number of nitrogens with zero attached hydrogens (tertiary/aromatic N) is 2. The fourth-order valence-corrected chi connectivity index (χ4v) is 3.45. The molecule has 1 aromatic carbocycles. The van der Waals surface area contributed by atoms with Crippen LogP contribution in [0.5, 0.6) is 0 Å². The zero-order valence-electron chi connectivity index (χ0n) is 14.4. The molecule has 1 aromatic heterocycles. The number of sulfone groups is 1. The maximum absolute atomic E-state index is 11.5. The molecule has 138 valence electrons. The highest BCUT2D eigenvalue weighted by Crippen LogP contribution is 2.13. The summed E-state index contributed by atoms with van der Waals surface area (Å²) in [6, 6.07) is 6.82. The van der Waals surface area contributed by atoms with Crippen molar-refractivity contribution in [3.05, 3.63) is 45.9 Å². The predicted octanol–water partition coefficient (Wildman–Crippen LogP) is 2.59. The van der Waals surface area contributed by atoms with E-state index in [0.29, 0.717) is 23.9 Å². The molecule has 0 unspecified atom stereocenters. The molecule has 25 heavy (non-hydrogen) atoms. The number of rotatable bonds is 6. The highest BCUT2D eigenvalue weighted by atomic mass is 127. The zero-order valence-corrected chi connectivity index (χ0v) is 18.4. The van der Waals surface area contributed by atoms with Gasteiger partial charge in [0.05, 0.1) is 11.4 Å². The van der Waals surface area contributed by atoms with E-state index in [0.717, 1.165) is 17.0 Å². The molecular weight excluding hydrogens is 471 g/mol. The number of nitrogens with one attached hydrogen (secondary N) is 2. The van der Waals surface area contributed by atoms with E-state index in [1.807, 2.05) is 6.20 Å². The standard InChI is InChI=1S/C16H22N4O2S2.HI/c1-4-13-10-18-15(23-13)11-20-16(17-2)19-9-12-5-7-14(8-6-12)24(3,21)22;/h5-8,10H,4,9,11H2,1-3H3,(H2,17,19,20);1H. The summed E-state index contributed by atoms with van der Waals surface area (Å²) in [5.74, 6) is 0.676. The molecule has 0 fully saturated rings. The van der Waals surface area contributed by atoms with Gasteiger partial charge >= 0.3 is 0 Å². The lowest BCUT2D eigenvalue weighted by Crippen LogP contribution is -2.36. The first kappa shape index (κ1) is 21.8. The van der Waals surface area contributed by atoms with Crippen LogP contribution in [0.1, 0.15) is 22.4 Å². The molecule has 0 aliphatic rings. The van der Waals surface area contributed by atoms with Gasteiger partial charge in [-0.25, -0.2) is 13.4 Å². The summed E-state index contributed by atoms with van der Waals surface area (Å²) in [6.45, 7) is 3.29. The van der Waals surface area contributed by atoms with E-state index in [9.17, 15) is 8.42 Å². The molecule has 0 amide bonds. The number of hydrogen-bond donors (Lipinski definition) is 2. The molecule has 2 aromatic rings. The van der Waals surface area contributed by atoms with Crippen molar-refractivity contribution in [3.8, 4) is 0 Å². The van der Waals surface area contributed by atoms with E-state index >= 15 is 0 Å². The molecule has 0 aliphatic heterocycles. The molecule has 0 saturated heterocycles. The van der Waals surface area contributed by atoms with E-state index in [1.54, 1.807) is 42.6 Å². The molecule has 2 rings (SSSR count). The average molecular weight is 494 g/mol. The van der Waals surface area contributed by atoms with Gasteiger partial charge in [0.2, 0.25) is 0 Å². The lowest BCUT2D eigenvalue weighted by Gasteiger charge is -2.11. The minimum Gasteiger partial charge on any atom is -0.352 e. The molecule has 9 heteroatoms. The zero-order chi connectivity index (χ0) is 17.6. The van der Waals surface area contributed by atoms with E-state index in [-0.39, 0.29) is 24.0 Å². The second kappa shape index (κ2) is 10.1. The first-order chi connectivity index (χ1) is 11.4. The Morgan fingerprint density at radius 2 is 1.84 bits per heavy atom. The van der Waals surface area contributed by atoms with Gasteiger partial charge in [-0.3, -0.25) is 4.99 Å². The van der Waals surface area contributed by atoms with Gasteiger partial charge in [-0.15, -0.1) is 35.3 Å². The maximum Gasteiger partial charge on any atom is 0.191 e. The van der Waals surface area contributed by atoms with E-state index in [4.69, 9.17) is 0 Å². The first-order valence-electron chi connectivity index (χ1n) is 7.59. The van der Waals surface area contributed by atoms with Gasteiger partial charge in [-0.05, 0) is 24.1 Å². The van der Waals surface area contributed by atoms with E-state index in [1.165, 1.54) is 11.1 Å². The topological polar surface area (TPSA) is 83.4 Å². The fourth-order valence-electron chi connectivity index (χ4n) is 2.01. The molecule has 1 heterocycles. The summed E-state index contributed by atoms with van der Waals surface area (Å²) in [5, 5.41) is 7.44. The number of halogens is 1. The van der Waals surface area contributed by atoms with Gasteiger partial charge in [0.1, 0.15) is 5.01 Å². The van der Waals surface area contributed by atoms with Gasteiger partial charge in [0.25, 0.3) is 0 Å². The number of guanidine groups is 1. The molecule has 0 aliphatic carbocycles. The third-order valence-corrected chi connectivity index (χ3v) is 5.66. The smallest absolute Gasteiger partial charge is 0.191 e. The molecule has 0 saturated carbocycles. The monoisotopic (exact) mass is 494 g/mol. The highest BCUT2D eigenvalue weighted by molar-refractivity contribution is 14.0. The Labute approximate surface area is 170 Å². The molecule has 0 radical (unpaired) electrons. The Bertz CT molecular complexity index is 802. The first-order valence-corrected chi connectivity index (χ1v) is 10.3. The van der Waals surface area contributed by atoms with Crippen molar-refractivity contribution >= 4 is 51.1 Å². The van der Waals surface area contributed by atoms with Gasteiger partial charge in [-0.2, -0.15) is 0 Å². The van der Waals surface area contributed by atoms with Gasteiger partial charge in [0, 0.05) is 30.9 Å². The minimum absolute atomic E-state index is 0. The van der Waals surface area contributed by atoms with Crippen LogP contribution < -0.4 is 10.6 Å². The van der Waals surface area contributed by atoms with Crippen LogP contribution >= 0.6 is 35.3 Å². The lowest BCUT2D eigenvalue weighted by atomic mass is 10.2. The maximum atomic E-state index is 11.5. The van der Waals surface area contributed by atoms with Crippen LogP contribution in [0.25, 0.3) is 0 Å². The fraction of sp³-hybridized carbons (Fsp3) is 0.375. The largest absolute Gasteiger partial charge is 0.352 e. The summed E-state index contributed by atoms with van der Waals surface area (Å²) in [5.41, 5.74) is 0.980. The van der Waals surface area contributed by atoms with Crippen molar-refractivity contribution in [2.75, 3.05) is 13.3 Å². The number of aryl methyl sites for hydroxylation is 1. The summed E-state index contributed by atoms with van der Waals surface area (Å²) >= 11 is 1.69. The quantitative estimate of drug-likeness (QED) is 0.367. The number of hydrogen-bond acceptors (Lipinski definition) is 5. The molecule has 0 atom stereocenters. The third kappa shape index (κ3) is 6.90. The Hall–Kier alpha value is -1.20. The van der Waals surface area contributed by atoms with Crippen molar-refractivity contribution in [3.63, 3.8) is 0 Å². The summed E-state index contributed by atoms with van der Waals surface area (Å²) < 4.78 is 22.9. The summed E-state index contributed by atoms with van der Waals surface area (Å²) in [6.07, 6.45) is 4.10. The van der Waals surface area contributed by atoms with Crippen LogP contribution in [0.15, 0.2) is 40.4 Å². The average Bonchev–Trinajstić information content (AvgIpc) is 3.02. The second-order valence-corrected chi connectivity index (χ2v) is 8.48. The van der Waals surface area contributed by atoms with Crippen molar-refractivity contribution in [2.45, 2.75) is 31.3 Å². The third-order valence-electron chi connectivity index (χ3n) is 3.39.